The fraction of sp³-hybridized carbons (Fsp3) is 0.267. The lowest BCUT2D eigenvalue weighted by atomic mass is 10.0. The molecule has 0 fully saturated rings. The second-order valence-electron chi connectivity index (χ2n) is 4.62. The molecule has 1 atom stereocenters. The maximum absolute atomic E-state index is 9.86. The van der Waals surface area contributed by atoms with Crippen LogP contribution in [0.4, 0.5) is 5.69 Å². The van der Waals surface area contributed by atoms with E-state index in [2.05, 4.69) is 6.07 Å². The molecule has 0 saturated carbocycles. The quantitative estimate of drug-likeness (QED) is 0.930. The van der Waals surface area contributed by atoms with E-state index in [0.717, 1.165) is 20.5 Å². The number of anilines is 1. The predicted octanol–water partition coefficient (Wildman–Crippen LogP) is 3.96. The van der Waals surface area contributed by atoms with Crippen LogP contribution in [0.25, 0.3) is 0 Å². The van der Waals surface area contributed by atoms with Crippen LogP contribution in [-0.4, -0.2) is 12.2 Å². The average molecular weight is 307 g/mol. The topological polar surface area (TPSA) is 47.3 Å². The predicted molar refractivity (Wildman–Crippen MR) is 83.2 cm³/mol. The summed E-state index contributed by atoms with van der Waals surface area (Å²) in [5, 5.41) is 18.9. The van der Waals surface area contributed by atoms with E-state index in [1.165, 1.54) is 11.3 Å². The minimum Gasteiger partial charge on any atom is -0.389 e. The second kappa shape index (κ2) is 6.27. The number of nitrogens with zero attached hydrogens (tertiary/aromatic N) is 2. The molecule has 1 heterocycles. The van der Waals surface area contributed by atoms with E-state index in [4.69, 9.17) is 16.9 Å². The van der Waals surface area contributed by atoms with Crippen LogP contribution in [0.5, 0.6) is 0 Å². The third-order valence-corrected chi connectivity index (χ3v) is 4.26. The van der Waals surface area contributed by atoms with Crippen LogP contribution in [-0.2, 0) is 6.54 Å². The standard InChI is InChI=1S/C15H15ClN2OS/c1-10(19)13-5-3-11(8-17)7-14(13)18(2)9-12-4-6-15(16)20-12/h3-7,10,19H,9H2,1-2H3/t10-/m1/s1. The van der Waals surface area contributed by atoms with E-state index < -0.39 is 6.10 Å². The van der Waals surface area contributed by atoms with Crippen molar-refractivity contribution in [2.75, 3.05) is 11.9 Å². The minimum absolute atomic E-state index is 0.577. The molecule has 0 aliphatic rings. The highest BCUT2D eigenvalue weighted by molar-refractivity contribution is 7.16. The smallest absolute Gasteiger partial charge is 0.0992 e. The van der Waals surface area contributed by atoms with Crippen molar-refractivity contribution in [2.45, 2.75) is 19.6 Å². The van der Waals surface area contributed by atoms with E-state index in [-0.39, 0.29) is 0 Å². The van der Waals surface area contributed by atoms with Crippen LogP contribution in [0.1, 0.15) is 29.0 Å². The van der Waals surface area contributed by atoms with E-state index in [1.807, 2.05) is 24.1 Å². The van der Waals surface area contributed by atoms with Gasteiger partial charge in [-0.25, -0.2) is 0 Å². The van der Waals surface area contributed by atoms with Crippen LogP contribution in [0.15, 0.2) is 30.3 Å². The normalized spacial score (nSPS) is 11.9. The molecule has 0 amide bonds. The van der Waals surface area contributed by atoms with Gasteiger partial charge in [-0.05, 0) is 31.2 Å². The monoisotopic (exact) mass is 306 g/mol. The van der Waals surface area contributed by atoms with E-state index >= 15 is 0 Å². The Bertz CT molecular complexity index is 646. The summed E-state index contributed by atoms with van der Waals surface area (Å²) in [4.78, 5) is 3.15. The van der Waals surface area contributed by atoms with Crippen molar-refractivity contribution >= 4 is 28.6 Å². The van der Waals surface area contributed by atoms with Crippen LogP contribution < -0.4 is 4.90 Å². The first-order chi connectivity index (χ1) is 9.51. The summed E-state index contributed by atoms with van der Waals surface area (Å²) in [5.41, 5.74) is 2.26. The maximum atomic E-state index is 9.86. The first-order valence-corrected chi connectivity index (χ1v) is 7.38. The highest BCUT2D eigenvalue weighted by Gasteiger charge is 2.13. The van der Waals surface area contributed by atoms with Crippen molar-refractivity contribution in [1.29, 1.82) is 5.26 Å². The summed E-state index contributed by atoms with van der Waals surface area (Å²) < 4.78 is 0.759. The van der Waals surface area contributed by atoms with Crippen LogP contribution in [0, 0.1) is 11.3 Å². The number of benzene rings is 1. The zero-order chi connectivity index (χ0) is 14.7. The number of hydrogen-bond donors (Lipinski definition) is 1. The van der Waals surface area contributed by atoms with E-state index in [9.17, 15) is 5.11 Å². The molecule has 3 nitrogen and oxygen atoms in total. The van der Waals surface area contributed by atoms with Crippen molar-refractivity contribution in [1.82, 2.24) is 0 Å². The van der Waals surface area contributed by atoms with Crippen molar-refractivity contribution in [3.05, 3.63) is 50.7 Å². The molecular weight excluding hydrogens is 292 g/mol. The van der Waals surface area contributed by atoms with Gasteiger partial charge in [0.05, 0.1) is 28.6 Å². The number of halogens is 1. The van der Waals surface area contributed by atoms with Gasteiger partial charge in [-0.3, -0.25) is 0 Å². The molecule has 0 saturated heterocycles. The molecular formula is C15H15ClN2OS. The first kappa shape index (κ1) is 14.9. The van der Waals surface area contributed by atoms with Gasteiger partial charge in [0.1, 0.15) is 0 Å². The van der Waals surface area contributed by atoms with Crippen LogP contribution in [0.3, 0.4) is 0 Å². The van der Waals surface area contributed by atoms with Crippen molar-refractivity contribution in [3.8, 4) is 6.07 Å². The Kier molecular flexibility index (Phi) is 4.66. The van der Waals surface area contributed by atoms with E-state index in [0.29, 0.717) is 12.1 Å². The van der Waals surface area contributed by atoms with Crippen molar-refractivity contribution in [2.24, 2.45) is 0 Å². The molecule has 1 aromatic heterocycles. The second-order valence-corrected chi connectivity index (χ2v) is 6.42. The molecule has 0 aliphatic carbocycles. The summed E-state index contributed by atoms with van der Waals surface area (Å²) in [5.74, 6) is 0. The highest BCUT2D eigenvalue weighted by Crippen LogP contribution is 2.29. The molecule has 0 spiro atoms. The summed E-state index contributed by atoms with van der Waals surface area (Å²) >= 11 is 7.47. The molecule has 1 N–H and O–H groups in total. The number of aliphatic hydroxyl groups excluding tert-OH is 1. The Morgan fingerprint density at radius 1 is 1.40 bits per heavy atom. The average Bonchev–Trinajstić information content (AvgIpc) is 2.83. The molecule has 0 radical (unpaired) electrons. The molecule has 0 aliphatic heterocycles. The number of aliphatic hydroxyl groups is 1. The maximum Gasteiger partial charge on any atom is 0.0992 e. The minimum atomic E-state index is -0.577. The number of nitriles is 1. The molecule has 20 heavy (non-hydrogen) atoms. The largest absolute Gasteiger partial charge is 0.389 e. The number of hydrogen-bond acceptors (Lipinski definition) is 4. The van der Waals surface area contributed by atoms with Gasteiger partial charge in [0.2, 0.25) is 0 Å². The SMILES string of the molecule is C[C@@H](O)c1ccc(C#N)cc1N(C)Cc1ccc(Cl)s1. The van der Waals surface area contributed by atoms with E-state index in [1.54, 1.807) is 25.1 Å². The lowest BCUT2D eigenvalue weighted by Crippen LogP contribution is -2.18. The third-order valence-electron chi connectivity index (χ3n) is 3.04. The van der Waals surface area contributed by atoms with Gasteiger partial charge in [0.25, 0.3) is 0 Å². The lowest BCUT2D eigenvalue weighted by molar-refractivity contribution is 0.199. The van der Waals surface area contributed by atoms with Crippen molar-refractivity contribution < 1.29 is 5.11 Å². The van der Waals surface area contributed by atoms with Gasteiger partial charge in [-0.1, -0.05) is 17.7 Å². The van der Waals surface area contributed by atoms with Gasteiger partial charge < -0.3 is 10.0 Å². The van der Waals surface area contributed by atoms with Crippen molar-refractivity contribution in [3.63, 3.8) is 0 Å². The fourth-order valence-corrected chi connectivity index (χ4v) is 3.19. The Morgan fingerprint density at radius 3 is 2.70 bits per heavy atom. The van der Waals surface area contributed by atoms with Crippen LogP contribution >= 0.6 is 22.9 Å². The molecule has 0 bridgehead atoms. The van der Waals surface area contributed by atoms with Gasteiger partial charge in [0.15, 0.2) is 0 Å². The lowest BCUT2D eigenvalue weighted by Gasteiger charge is -2.23. The molecule has 104 valence electrons. The number of thiophene rings is 1. The summed E-state index contributed by atoms with van der Waals surface area (Å²) in [6, 6.07) is 11.3. The third kappa shape index (κ3) is 3.31. The Labute approximate surface area is 127 Å². The van der Waals surface area contributed by atoms with Crippen LogP contribution in [0.2, 0.25) is 4.34 Å². The zero-order valence-electron chi connectivity index (χ0n) is 11.3. The Hall–Kier alpha value is -1.54. The van der Waals surface area contributed by atoms with Gasteiger partial charge in [-0.2, -0.15) is 5.26 Å². The number of rotatable bonds is 4. The van der Waals surface area contributed by atoms with Gasteiger partial charge in [0, 0.05) is 23.2 Å². The molecule has 2 aromatic rings. The molecule has 5 heteroatoms. The summed E-state index contributed by atoms with van der Waals surface area (Å²) in [6.07, 6.45) is -0.577. The summed E-state index contributed by atoms with van der Waals surface area (Å²) in [7, 11) is 1.94. The first-order valence-electron chi connectivity index (χ1n) is 6.18. The van der Waals surface area contributed by atoms with Gasteiger partial charge >= 0.3 is 0 Å². The Morgan fingerprint density at radius 2 is 2.15 bits per heavy atom. The fourth-order valence-electron chi connectivity index (χ4n) is 2.05. The molecule has 0 unspecified atom stereocenters. The van der Waals surface area contributed by atoms with Gasteiger partial charge in [-0.15, -0.1) is 11.3 Å². The summed E-state index contributed by atoms with van der Waals surface area (Å²) in [6.45, 7) is 2.41. The molecule has 1 aromatic carbocycles. The highest BCUT2D eigenvalue weighted by atomic mass is 35.5. The zero-order valence-corrected chi connectivity index (χ0v) is 12.9. The Balaban J connectivity index is 2.32. The molecule has 2 rings (SSSR count).